The van der Waals surface area contributed by atoms with Gasteiger partial charge in [0.15, 0.2) is 20.4 Å². The highest BCUT2D eigenvalue weighted by Crippen LogP contribution is 2.44. The Bertz CT molecular complexity index is 513. The summed E-state index contributed by atoms with van der Waals surface area (Å²) in [6.45, 7) is 19.9. The highest BCUT2D eigenvalue weighted by atomic mass is 28.4. The van der Waals surface area contributed by atoms with E-state index in [1.807, 2.05) is 13.8 Å². The predicted octanol–water partition coefficient (Wildman–Crippen LogP) is 4.52. The molecule has 0 saturated carbocycles. The average Bonchev–Trinajstić information content (AvgIpc) is 2.88. The van der Waals surface area contributed by atoms with Gasteiger partial charge < -0.3 is 18.6 Å². The molecule has 0 radical (unpaired) electrons. The van der Waals surface area contributed by atoms with Gasteiger partial charge in [-0.15, -0.1) is 0 Å². The van der Waals surface area contributed by atoms with Gasteiger partial charge >= 0.3 is 0 Å². The molecule has 0 aromatic heterocycles. The lowest BCUT2D eigenvalue weighted by Gasteiger charge is -2.50. The van der Waals surface area contributed by atoms with E-state index >= 15 is 0 Å². The van der Waals surface area contributed by atoms with E-state index in [1.54, 1.807) is 0 Å². The molecule has 5 nitrogen and oxygen atoms in total. The van der Waals surface area contributed by atoms with Crippen molar-refractivity contribution in [1.82, 2.24) is 4.90 Å². The molecular formula is C21H41NO4Si. The van der Waals surface area contributed by atoms with Gasteiger partial charge in [-0.2, -0.15) is 0 Å². The number of hydrogen-bond acceptors (Lipinski definition) is 5. The summed E-state index contributed by atoms with van der Waals surface area (Å²) in [6.07, 6.45) is 4.46. The fourth-order valence-electron chi connectivity index (χ4n) is 4.34. The molecule has 0 aromatic rings. The molecule has 3 fully saturated rings. The Morgan fingerprint density at radius 3 is 2.19 bits per heavy atom. The Morgan fingerprint density at radius 1 is 1.04 bits per heavy atom. The zero-order valence-corrected chi connectivity index (χ0v) is 19.7. The first-order valence-corrected chi connectivity index (χ1v) is 13.8. The molecule has 0 N–H and O–H groups in total. The zero-order valence-electron chi connectivity index (χ0n) is 18.7. The minimum absolute atomic E-state index is 0.00608. The maximum atomic E-state index is 6.86. The van der Waals surface area contributed by atoms with E-state index in [9.17, 15) is 0 Å². The minimum Gasteiger partial charge on any atom is -0.391 e. The van der Waals surface area contributed by atoms with Crippen LogP contribution in [0.4, 0.5) is 0 Å². The maximum absolute atomic E-state index is 6.86. The van der Waals surface area contributed by atoms with E-state index in [0.29, 0.717) is 0 Å². The van der Waals surface area contributed by atoms with Crippen LogP contribution in [-0.4, -0.2) is 62.7 Å². The molecule has 3 saturated heterocycles. The smallest absolute Gasteiger partial charge is 0.195 e. The van der Waals surface area contributed by atoms with Crippen molar-refractivity contribution in [2.75, 3.05) is 13.1 Å². The highest BCUT2D eigenvalue weighted by Gasteiger charge is 2.57. The second-order valence-corrected chi connectivity index (χ2v) is 15.2. The normalized spacial score (nSPS) is 38.0. The second-order valence-electron chi connectivity index (χ2n) is 10.5. The van der Waals surface area contributed by atoms with Gasteiger partial charge in [0.25, 0.3) is 0 Å². The topological polar surface area (TPSA) is 40.2 Å². The van der Waals surface area contributed by atoms with Crippen molar-refractivity contribution in [2.45, 2.75) is 122 Å². The SMILES string of the molecule is CC[C@H]1OC(O[Si](C)(C)C(C)(C)C)[C@@H](N2CCCCC2)[C@H]2OC(C)(C)O[C@H]21. The van der Waals surface area contributed by atoms with Crippen LogP contribution in [0.1, 0.15) is 67.2 Å². The molecule has 0 aromatic carbocycles. The molecule has 0 aliphatic carbocycles. The Kier molecular flexibility index (Phi) is 6.19. The average molecular weight is 400 g/mol. The fraction of sp³-hybridized carbons (Fsp3) is 1.00. The van der Waals surface area contributed by atoms with Crippen LogP contribution in [0.3, 0.4) is 0 Å². The van der Waals surface area contributed by atoms with Gasteiger partial charge in [0.05, 0.1) is 12.1 Å². The Hall–Kier alpha value is 0.0169. The molecule has 3 rings (SSSR count). The van der Waals surface area contributed by atoms with Crippen LogP contribution < -0.4 is 0 Å². The zero-order chi connectivity index (χ0) is 20.0. The number of hydrogen-bond donors (Lipinski definition) is 0. The summed E-state index contributed by atoms with van der Waals surface area (Å²) in [6, 6.07) is 0.106. The van der Waals surface area contributed by atoms with Crippen molar-refractivity contribution in [1.29, 1.82) is 0 Å². The second kappa shape index (κ2) is 7.69. The molecule has 3 aliphatic heterocycles. The molecule has 1 unspecified atom stereocenters. The fourth-order valence-corrected chi connectivity index (χ4v) is 5.47. The molecular weight excluding hydrogens is 358 g/mol. The predicted molar refractivity (Wildman–Crippen MR) is 110 cm³/mol. The largest absolute Gasteiger partial charge is 0.391 e. The molecule has 6 heteroatoms. The van der Waals surface area contributed by atoms with Crippen LogP contribution in [0.2, 0.25) is 18.1 Å². The summed E-state index contributed by atoms with van der Waals surface area (Å²) in [5.74, 6) is -0.563. The molecule has 158 valence electrons. The van der Waals surface area contributed by atoms with Crippen LogP contribution in [0.25, 0.3) is 0 Å². The van der Waals surface area contributed by atoms with E-state index in [-0.39, 0.29) is 35.7 Å². The Morgan fingerprint density at radius 2 is 1.63 bits per heavy atom. The van der Waals surface area contributed by atoms with E-state index in [2.05, 4.69) is 45.7 Å². The third-order valence-electron chi connectivity index (χ3n) is 6.89. The lowest BCUT2D eigenvalue weighted by Crippen LogP contribution is -2.65. The van der Waals surface area contributed by atoms with Crippen molar-refractivity contribution < 1.29 is 18.6 Å². The molecule has 5 atom stereocenters. The van der Waals surface area contributed by atoms with Gasteiger partial charge in [-0.05, 0) is 64.3 Å². The first kappa shape index (κ1) is 21.7. The Labute approximate surface area is 167 Å². The molecule has 0 bridgehead atoms. The lowest BCUT2D eigenvalue weighted by atomic mass is 9.93. The summed E-state index contributed by atoms with van der Waals surface area (Å²) in [7, 11) is -1.97. The third-order valence-corrected chi connectivity index (χ3v) is 11.3. The van der Waals surface area contributed by atoms with Crippen molar-refractivity contribution in [3.8, 4) is 0 Å². The minimum atomic E-state index is -1.97. The first-order chi connectivity index (χ1) is 12.5. The molecule has 27 heavy (non-hydrogen) atoms. The quantitative estimate of drug-likeness (QED) is 0.650. The molecule has 3 heterocycles. The number of likely N-dealkylation sites (tertiary alicyclic amines) is 1. The summed E-state index contributed by atoms with van der Waals surface area (Å²) < 4.78 is 26.2. The summed E-state index contributed by atoms with van der Waals surface area (Å²) >= 11 is 0. The van der Waals surface area contributed by atoms with Crippen LogP contribution >= 0.6 is 0 Å². The van der Waals surface area contributed by atoms with E-state index < -0.39 is 14.1 Å². The lowest BCUT2D eigenvalue weighted by molar-refractivity contribution is -0.238. The van der Waals surface area contributed by atoms with Gasteiger partial charge in [-0.3, -0.25) is 4.90 Å². The number of nitrogens with zero attached hydrogens (tertiary/aromatic N) is 1. The Balaban J connectivity index is 1.91. The number of rotatable bonds is 4. The molecule has 3 aliphatic rings. The maximum Gasteiger partial charge on any atom is 0.195 e. The molecule has 0 amide bonds. The monoisotopic (exact) mass is 399 g/mol. The van der Waals surface area contributed by atoms with Gasteiger partial charge in [-0.25, -0.2) is 0 Å². The third kappa shape index (κ3) is 4.46. The van der Waals surface area contributed by atoms with Gasteiger partial charge in [0.1, 0.15) is 12.2 Å². The van der Waals surface area contributed by atoms with Gasteiger partial charge in [-0.1, -0.05) is 34.1 Å². The number of ether oxygens (including phenoxy) is 3. The van der Waals surface area contributed by atoms with E-state index in [1.165, 1.54) is 19.3 Å². The summed E-state index contributed by atoms with van der Waals surface area (Å²) in [4.78, 5) is 2.55. The van der Waals surface area contributed by atoms with Crippen molar-refractivity contribution in [3.63, 3.8) is 0 Å². The number of fused-ring (bicyclic) bond motifs is 1. The van der Waals surface area contributed by atoms with Crippen molar-refractivity contribution in [3.05, 3.63) is 0 Å². The van der Waals surface area contributed by atoms with Crippen LogP contribution in [0, 0.1) is 0 Å². The summed E-state index contributed by atoms with van der Waals surface area (Å²) in [5, 5.41) is 0.146. The summed E-state index contributed by atoms with van der Waals surface area (Å²) in [5.41, 5.74) is 0. The number of piperidine rings is 1. The highest BCUT2D eigenvalue weighted by molar-refractivity contribution is 6.74. The van der Waals surface area contributed by atoms with Crippen molar-refractivity contribution >= 4 is 8.32 Å². The van der Waals surface area contributed by atoms with E-state index in [4.69, 9.17) is 18.6 Å². The van der Waals surface area contributed by atoms with Crippen LogP contribution in [0.5, 0.6) is 0 Å². The standard InChI is InChI=1S/C21H41NO4Si/c1-9-15-17-18(25-21(5,6)24-17)16(22-13-11-10-12-14-22)19(23-15)26-27(7,8)20(2,3)4/h15-19H,9-14H2,1-8H3/t15-,16+,17+,18-,19?/m1/s1. The van der Waals surface area contributed by atoms with Crippen LogP contribution in [-0.2, 0) is 18.6 Å². The van der Waals surface area contributed by atoms with Crippen molar-refractivity contribution in [2.24, 2.45) is 0 Å². The first-order valence-electron chi connectivity index (χ1n) is 10.9. The van der Waals surface area contributed by atoms with Gasteiger partial charge in [0, 0.05) is 0 Å². The van der Waals surface area contributed by atoms with Gasteiger partial charge in [0.2, 0.25) is 0 Å². The van der Waals surface area contributed by atoms with Crippen LogP contribution in [0.15, 0.2) is 0 Å². The molecule has 0 spiro atoms. The van der Waals surface area contributed by atoms with E-state index in [0.717, 1.165) is 19.5 Å².